The summed E-state index contributed by atoms with van der Waals surface area (Å²) in [6.45, 7) is -0.781. The van der Waals surface area contributed by atoms with Crippen molar-refractivity contribution in [3.8, 4) is 5.75 Å². The highest BCUT2D eigenvalue weighted by Gasteiger charge is 2.14. The predicted octanol–water partition coefficient (Wildman–Crippen LogP) is 2.99. The van der Waals surface area contributed by atoms with Crippen molar-refractivity contribution in [3.63, 3.8) is 0 Å². The minimum absolute atomic E-state index is 0.0469. The second-order valence-corrected chi connectivity index (χ2v) is 4.84. The number of carbonyl (C=O) groups excluding carboxylic acids is 1. The lowest BCUT2D eigenvalue weighted by molar-refractivity contribution is -0.0489. The van der Waals surface area contributed by atoms with Crippen LogP contribution < -0.4 is 15.4 Å². The summed E-state index contributed by atoms with van der Waals surface area (Å²) in [6.07, 6.45) is 1.46. The number of hydrogen-bond acceptors (Lipinski definition) is 4. The van der Waals surface area contributed by atoms with E-state index in [-0.39, 0.29) is 17.3 Å². The van der Waals surface area contributed by atoms with Gasteiger partial charge in [0, 0.05) is 18.7 Å². The summed E-state index contributed by atoms with van der Waals surface area (Å²) in [4.78, 5) is 16.0. The fourth-order valence-electron chi connectivity index (χ4n) is 2.12. The summed E-state index contributed by atoms with van der Waals surface area (Å²) >= 11 is 0. The maximum absolute atomic E-state index is 12.4. The van der Waals surface area contributed by atoms with Crippen LogP contribution in [0.2, 0.25) is 0 Å². The van der Waals surface area contributed by atoms with Crippen molar-refractivity contribution in [2.24, 2.45) is 0 Å². The van der Waals surface area contributed by atoms with Crippen LogP contribution in [0.25, 0.3) is 10.9 Å². The summed E-state index contributed by atoms with van der Waals surface area (Å²) in [5, 5.41) is 5.86. The fourth-order valence-corrected chi connectivity index (χ4v) is 2.12. The molecule has 0 aliphatic rings. The van der Waals surface area contributed by atoms with Crippen molar-refractivity contribution in [1.82, 2.24) is 10.3 Å². The number of methoxy groups -OCH3 is 1. The third-order valence-corrected chi connectivity index (χ3v) is 2.99. The summed E-state index contributed by atoms with van der Waals surface area (Å²) in [6, 6.07) is 5.53. The van der Waals surface area contributed by atoms with Gasteiger partial charge in [-0.05, 0) is 31.2 Å². The van der Waals surface area contributed by atoms with Crippen molar-refractivity contribution < 1.29 is 23.0 Å². The van der Waals surface area contributed by atoms with Gasteiger partial charge in [-0.1, -0.05) is 0 Å². The third-order valence-electron chi connectivity index (χ3n) is 2.99. The van der Waals surface area contributed by atoms with Crippen LogP contribution in [0.1, 0.15) is 6.92 Å². The smallest absolute Gasteiger partial charge is 0.387 e. The van der Waals surface area contributed by atoms with Gasteiger partial charge >= 0.3 is 12.6 Å². The van der Waals surface area contributed by atoms with Gasteiger partial charge in [0.2, 0.25) is 0 Å². The fraction of sp³-hybridized carbons (Fsp3) is 0.333. The lowest BCUT2D eigenvalue weighted by atomic mass is 10.1. The Bertz CT molecular complexity index is 682. The van der Waals surface area contributed by atoms with E-state index in [1.165, 1.54) is 25.4 Å². The first-order valence-corrected chi connectivity index (χ1v) is 6.90. The molecule has 124 valence electrons. The van der Waals surface area contributed by atoms with Crippen molar-refractivity contribution in [3.05, 3.63) is 30.5 Å². The van der Waals surface area contributed by atoms with E-state index in [0.29, 0.717) is 17.7 Å². The molecule has 0 spiro atoms. The molecule has 6 nitrogen and oxygen atoms in total. The van der Waals surface area contributed by atoms with Crippen molar-refractivity contribution >= 4 is 22.6 Å². The van der Waals surface area contributed by atoms with E-state index in [1.807, 2.05) is 0 Å². The number of aromatic nitrogens is 1. The number of pyridine rings is 1. The summed E-state index contributed by atoms with van der Waals surface area (Å²) < 4.78 is 34.2. The molecule has 1 unspecified atom stereocenters. The first kappa shape index (κ1) is 16.9. The average molecular weight is 325 g/mol. The number of hydrogen-bond donors (Lipinski definition) is 2. The standard InChI is InChI=1S/C15H17F2N3O3/c1-9(8-22-2)19-15(21)20-11-5-6-12(23-14(16)17)13-10(11)4-3-7-18-13/h3-7,9,14H,8H2,1-2H3,(H2,19,20,21). The molecule has 1 heterocycles. The molecule has 1 aromatic carbocycles. The largest absolute Gasteiger partial charge is 0.432 e. The van der Waals surface area contributed by atoms with Gasteiger partial charge in [-0.3, -0.25) is 4.98 Å². The molecule has 0 fully saturated rings. The van der Waals surface area contributed by atoms with Crippen LogP contribution in [0.4, 0.5) is 19.3 Å². The third kappa shape index (κ3) is 4.49. The molecule has 1 aromatic heterocycles. The average Bonchev–Trinajstić information content (AvgIpc) is 2.49. The molecule has 0 saturated carbocycles. The zero-order valence-electron chi connectivity index (χ0n) is 12.7. The number of benzene rings is 1. The number of alkyl halides is 2. The van der Waals surface area contributed by atoms with Gasteiger partial charge in [0.05, 0.1) is 18.3 Å². The predicted molar refractivity (Wildman–Crippen MR) is 81.9 cm³/mol. The second kappa shape index (κ2) is 7.68. The first-order valence-electron chi connectivity index (χ1n) is 6.90. The van der Waals surface area contributed by atoms with E-state index in [9.17, 15) is 13.6 Å². The van der Waals surface area contributed by atoms with Crippen LogP contribution in [-0.2, 0) is 4.74 Å². The number of nitrogens with one attached hydrogen (secondary N) is 2. The van der Waals surface area contributed by atoms with Crippen LogP contribution in [0.15, 0.2) is 30.5 Å². The molecule has 23 heavy (non-hydrogen) atoms. The first-order chi connectivity index (χ1) is 11.0. The van der Waals surface area contributed by atoms with Gasteiger partial charge in [0.15, 0.2) is 5.75 Å². The highest BCUT2D eigenvalue weighted by Crippen LogP contribution is 2.30. The molecule has 0 radical (unpaired) electrons. The van der Waals surface area contributed by atoms with Crippen LogP contribution in [-0.4, -0.2) is 37.4 Å². The minimum atomic E-state index is -2.95. The van der Waals surface area contributed by atoms with Gasteiger partial charge in [0.25, 0.3) is 0 Å². The van der Waals surface area contributed by atoms with Crippen molar-refractivity contribution in [2.75, 3.05) is 19.0 Å². The molecule has 2 amide bonds. The Morgan fingerprint density at radius 2 is 2.13 bits per heavy atom. The highest BCUT2D eigenvalue weighted by atomic mass is 19.3. The maximum Gasteiger partial charge on any atom is 0.387 e. The zero-order valence-corrected chi connectivity index (χ0v) is 12.7. The number of fused-ring (bicyclic) bond motifs is 1. The number of nitrogens with zero attached hydrogens (tertiary/aromatic N) is 1. The second-order valence-electron chi connectivity index (χ2n) is 4.84. The lowest BCUT2D eigenvalue weighted by Crippen LogP contribution is -2.38. The van der Waals surface area contributed by atoms with Gasteiger partial charge in [-0.25, -0.2) is 4.79 Å². The van der Waals surface area contributed by atoms with Gasteiger partial charge in [-0.15, -0.1) is 0 Å². The van der Waals surface area contributed by atoms with Gasteiger partial charge in [-0.2, -0.15) is 8.78 Å². The number of halogens is 2. The SMILES string of the molecule is COCC(C)NC(=O)Nc1ccc(OC(F)F)c2ncccc12. The minimum Gasteiger partial charge on any atom is -0.432 e. The summed E-state index contributed by atoms with van der Waals surface area (Å²) in [5.41, 5.74) is 0.687. The Morgan fingerprint density at radius 3 is 2.83 bits per heavy atom. The number of anilines is 1. The van der Waals surface area contributed by atoms with E-state index in [1.54, 1.807) is 19.1 Å². The van der Waals surface area contributed by atoms with Crippen molar-refractivity contribution in [1.29, 1.82) is 0 Å². The van der Waals surface area contributed by atoms with E-state index in [2.05, 4.69) is 20.4 Å². The highest BCUT2D eigenvalue weighted by molar-refractivity contribution is 6.02. The van der Waals surface area contributed by atoms with E-state index in [0.717, 1.165) is 0 Å². The Balaban J connectivity index is 2.23. The normalized spacial score (nSPS) is 12.2. The van der Waals surface area contributed by atoms with E-state index in [4.69, 9.17) is 4.74 Å². The lowest BCUT2D eigenvalue weighted by Gasteiger charge is -2.15. The Labute approximate surface area is 131 Å². The van der Waals surface area contributed by atoms with E-state index >= 15 is 0 Å². The number of rotatable bonds is 6. The summed E-state index contributed by atoms with van der Waals surface area (Å²) in [7, 11) is 1.54. The van der Waals surface area contributed by atoms with Gasteiger partial charge in [0.1, 0.15) is 5.52 Å². The molecular weight excluding hydrogens is 308 g/mol. The van der Waals surface area contributed by atoms with Gasteiger partial charge < -0.3 is 20.1 Å². The quantitative estimate of drug-likeness (QED) is 0.856. The Hall–Kier alpha value is -2.48. The molecule has 2 N–H and O–H groups in total. The van der Waals surface area contributed by atoms with Crippen LogP contribution in [0.3, 0.4) is 0 Å². The van der Waals surface area contributed by atoms with Crippen LogP contribution >= 0.6 is 0 Å². The molecule has 0 bridgehead atoms. The summed E-state index contributed by atoms with van der Waals surface area (Å²) in [5.74, 6) is -0.0469. The molecule has 2 rings (SSSR count). The van der Waals surface area contributed by atoms with Crippen LogP contribution in [0.5, 0.6) is 5.75 Å². The molecular formula is C15H17F2N3O3. The molecule has 0 saturated heterocycles. The monoisotopic (exact) mass is 325 g/mol. The molecule has 2 aromatic rings. The number of carbonyl (C=O) groups is 1. The number of urea groups is 1. The molecule has 0 aliphatic heterocycles. The molecule has 1 atom stereocenters. The van der Waals surface area contributed by atoms with Crippen LogP contribution in [0, 0.1) is 0 Å². The zero-order chi connectivity index (χ0) is 16.8. The van der Waals surface area contributed by atoms with E-state index < -0.39 is 12.6 Å². The number of amides is 2. The van der Waals surface area contributed by atoms with Crippen molar-refractivity contribution in [2.45, 2.75) is 19.6 Å². The molecule has 8 heteroatoms. The number of ether oxygens (including phenoxy) is 2. The maximum atomic E-state index is 12.4. The topological polar surface area (TPSA) is 72.5 Å². The Morgan fingerprint density at radius 1 is 1.35 bits per heavy atom. The Kier molecular flexibility index (Phi) is 5.64. The molecule has 0 aliphatic carbocycles.